The van der Waals surface area contributed by atoms with Crippen LogP contribution in [0.1, 0.15) is 53.9 Å². The average Bonchev–Trinajstić information content (AvgIpc) is 3.52. The molecule has 2 aromatic carbocycles. The molecule has 0 unspecified atom stereocenters. The standard InChI is InChI=1S/C25H28N4O/c1-25(2)20-8-6-17(29-11-9-28(10-12-29)16-4-5-16)14-19(20)23(30)22-18-7-3-15(26)13-21(18)27-24(22)25/h3,6-8,13-14,16,27H,4-5,9-12,26H2,1-2H3. The molecule has 1 aliphatic heterocycles. The lowest BCUT2D eigenvalue weighted by Gasteiger charge is -2.37. The number of rotatable bonds is 2. The van der Waals surface area contributed by atoms with Gasteiger partial charge >= 0.3 is 0 Å². The van der Waals surface area contributed by atoms with Crippen LogP contribution in [0.5, 0.6) is 0 Å². The molecule has 1 saturated heterocycles. The molecule has 0 radical (unpaired) electrons. The Hall–Kier alpha value is -2.79. The van der Waals surface area contributed by atoms with E-state index in [2.05, 4.69) is 46.8 Å². The molecule has 6 rings (SSSR count). The van der Waals surface area contributed by atoms with Crippen molar-refractivity contribution >= 4 is 28.1 Å². The maximum absolute atomic E-state index is 13.7. The summed E-state index contributed by atoms with van der Waals surface area (Å²) in [6, 6.07) is 13.1. The van der Waals surface area contributed by atoms with Crippen LogP contribution >= 0.6 is 0 Å². The number of H-pyrrole nitrogens is 1. The Morgan fingerprint density at radius 2 is 1.80 bits per heavy atom. The zero-order valence-corrected chi connectivity index (χ0v) is 17.7. The van der Waals surface area contributed by atoms with Crippen LogP contribution in [0.25, 0.3) is 10.9 Å². The lowest BCUT2D eigenvalue weighted by molar-refractivity contribution is 0.103. The molecular formula is C25H28N4O. The van der Waals surface area contributed by atoms with Gasteiger partial charge in [0.25, 0.3) is 0 Å². The molecule has 0 amide bonds. The summed E-state index contributed by atoms with van der Waals surface area (Å²) >= 11 is 0. The van der Waals surface area contributed by atoms with Gasteiger partial charge in [0, 0.05) is 71.2 Å². The Labute approximate surface area is 176 Å². The van der Waals surface area contributed by atoms with Gasteiger partial charge in [-0.25, -0.2) is 0 Å². The first-order valence-electron chi connectivity index (χ1n) is 11.0. The van der Waals surface area contributed by atoms with E-state index in [9.17, 15) is 4.79 Å². The van der Waals surface area contributed by atoms with Gasteiger partial charge in [0.1, 0.15) is 0 Å². The van der Waals surface area contributed by atoms with E-state index in [4.69, 9.17) is 5.73 Å². The second-order valence-electron chi connectivity index (χ2n) is 9.62. The van der Waals surface area contributed by atoms with Crippen LogP contribution in [0, 0.1) is 0 Å². The summed E-state index contributed by atoms with van der Waals surface area (Å²) < 4.78 is 0. The maximum atomic E-state index is 13.7. The van der Waals surface area contributed by atoms with Crippen LogP contribution in [0.15, 0.2) is 36.4 Å². The number of carbonyl (C=O) groups excluding carboxylic acids is 1. The first-order valence-corrected chi connectivity index (χ1v) is 11.0. The monoisotopic (exact) mass is 400 g/mol. The number of ketones is 1. The van der Waals surface area contributed by atoms with E-state index >= 15 is 0 Å². The molecule has 0 spiro atoms. The normalized spacial score (nSPS) is 21.0. The first-order chi connectivity index (χ1) is 14.4. The summed E-state index contributed by atoms with van der Waals surface area (Å²) in [5.41, 5.74) is 12.3. The minimum Gasteiger partial charge on any atom is -0.399 e. The Bertz CT molecular complexity index is 1180. The number of aromatic amines is 1. The van der Waals surface area contributed by atoms with Gasteiger partial charge in [0.15, 0.2) is 5.78 Å². The summed E-state index contributed by atoms with van der Waals surface area (Å²) in [7, 11) is 0. The number of fused-ring (bicyclic) bond motifs is 4. The highest BCUT2D eigenvalue weighted by Gasteiger charge is 2.40. The smallest absolute Gasteiger partial charge is 0.195 e. The van der Waals surface area contributed by atoms with Gasteiger partial charge < -0.3 is 15.6 Å². The van der Waals surface area contributed by atoms with Crippen LogP contribution in [0.3, 0.4) is 0 Å². The number of nitrogen functional groups attached to an aromatic ring is 1. The fourth-order valence-corrected chi connectivity index (χ4v) is 5.44. The van der Waals surface area contributed by atoms with E-state index in [1.54, 1.807) is 0 Å². The molecule has 3 aromatic rings. The average molecular weight is 401 g/mol. The molecule has 1 aromatic heterocycles. The molecule has 2 heterocycles. The summed E-state index contributed by atoms with van der Waals surface area (Å²) in [4.78, 5) is 22.2. The molecule has 3 N–H and O–H groups in total. The Balaban J connectivity index is 1.41. The second kappa shape index (κ2) is 6.11. The van der Waals surface area contributed by atoms with E-state index in [-0.39, 0.29) is 11.2 Å². The van der Waals surface area contributed by atoms with Crippen molar-refractivity contribution in [1.29, 1.82) is 0 Å². The van der Waals surface area contributed by atoms with Crippen molar-refractivity contribution in [3.63, 3.8) is 0 Å². The zero-order valence-electron chi connectivity index (χ0n) is 17.7. The highest BCUT2D eigenvalue weighted by molar-refractivity contribution is 6.20. The van der Waals surface area contributed by atoms with E-state index in [1.807, 2.05) is 18.2 Å². The minimum absolute atomic E-state index is 0.119. The van der Waals surface area contributed by atoms with Crippen molar-refractivity contribution in [2.24, 2.45) is 0 Å². The van der Waals surface area contributed by atoms with Gasteiger partial charge in [0.05, 0.1) is 5.56 Å². The van der Waals surface area contributed by atoms with E-state index < -0.39 is 0 Å². The van der Waals surface area contributed by atoms with Crippen LogP contribution in [0.4, 0.5) is 11.4 Å². The third-order valence-electron chi connectivity index (χ3n) is 7.34. The summed E-state index contributed by atoms with van der Waals surface area (Å²) in [6.07, 6.45) is 2.72. The van der Waals surface area contributed by atoms with Gasteiger partial charge in [-0.15, -0.1) is 0 Å². The molecule has 3 aliphatic rings. The molecule has 30 heavy (non-hydrogen) atoms. The number of nitrogens with zero attached hydrogens (tertiary/aromatic N) is 2. The minimum atomic E-state index is -0.268. The fourth-order valence-electron chi connectivity index (χ4n) is 5.44. The van der Waals surface area contributed by atoms with E-state index in [0.29, 0.717) is 5.69 Å². The predicted molar refractivity (Wildman–Crippen MR) is 122 cm³/mol. The number of nitrogens with one attached hydrogen (secondary N) is 1. The van der Waals surface area contributed by atoms with Gasteiger partial charge in [-0.05, 0) is 42.7 Å². The first kappa shape index (κ1) is 18.0. The number of nitrogens with two attached hydrogens (primary N) is 1. The number of aromatic nitrogens is 1. The van der Waals surface area contributed by atoms with Crippen molar-refractivity contribution in [2.45, 2.75) is 38.1 Å². The van der Waals surface area contributed by atoms with Gasteiger partial charge in [-0.3, -0.25) is 9.69 Å². The molecule has 5 nitrogen and oxygen atoms in total. The summed E-state index contributed by atoms with van der Waals surface area (Å²) in [6.45, 7) is 8.70. The van der Waals surface area contributed by atoms with Gasteiger partial charge in [-0.2, -0.15) is 0 Å². The largest absolute Gasteiger partial charge is 0.399 e. The molecular weight excluding hydrogens is 372 g/mol. The second-order valence-corrected chi connectivity index (χ2v) is 9.62. The quantitative estimate of drug-likeness (QED) is 0.640. The van der Waals surface area contributed by atoms with Crippen molar-refractivity contribution in [2.75, 3.05) is 36.8 Å². The highest BCUT2D eigenvalue weighted by atomic mass is 16.1. The van der Waals surface area contributed by atoms with Crippen LogP contribution in [-0.4, -0.2) is 47.9 Å². The molecule has 0 bridgehead atoms. The highest BCUT2D eigenvalue weighted by Crippen LogP contribution is 2.44. The topological polar surface area (TPSA) is 65.4 Å². The summed E-state index contributed by atoms with van der Waals surface area (Å²) in [5.74, 6) is 0.119. The van der Waals surface area contributed by atoms with E-state index in [0.717, 1.165) is 65.5 Å². The van der Waals surface area contributed by atoms with Crippen molar-refractivity contribution < 1.29 is 4.79 Å². The number of anilines is 2. The number of benzene rings is 2. The molecule has 154 valence electrons. The Morgan fingerprint density at radius 1 is 1.03 bits per heavy atom. The Kier molecular flexibility index (Phi) is 3.67. The van der Waals surface area contributed by atoms with Crippen molar-refractivity contribution in [3.8, 4) is 0 Å². The molecule has 1 saturated carbocycles. The molecule has 0 atom stereocenters. The van der Waals surface area contributed by atoms with Crippen molar-refractivity contribution in [3.05, 3.63) is 58.8 Å². The summed E-state index contributed by atoms with van der Waals surface area (Å²) in [5, 5.41) is 0.964. The zero-order chi connectivity index (χ0) is 20.6. The number of hydrogen-bond donors (Lipinski definition) is 2. The molecule has 2 aliphatic carbocycles. The number of carbonyl (C=O) groups is 1. The fraction of sp³-hybridized carbons (Fsp3) is 0.400. The lowest BCUT2D eigenvalue weighted by atomic mass is 9.71. The third-order valence-corrected chi connectivity index (χ3v) is 7.34. The third kappa shape index (κ3) is 2.54. The Morgan fingerprint density at radius 3 is 2.53 bits per heavy atom. The predicted octanol–water partition coefficient (Wildman–Crippen LogP) is 3.90. The maximum Gasteiger partial charge on any atom is 0.195 e. The number of piperazine rings is 1. The SMILES string of the molecule is CC1(C)c2ccc(N3CCN(C4CC4)CC3)cc2C(=O)c2c1[nH]c1cc(N)ccc21. The lowest BCUT2D eigenvalue weighted by Crippen LogP contribution is -2.47. The van der Waals surface area contributed by atoms with Crippen molar-refractivity contribution in [1.82, 2.24) is 9.88 Å². The molecule has 5 heteroatoms. The van der Waals surface area contributed by atoms with Gasteiger partial charge in [0.2, 0.25) is 0 Å². The molecule has 2 fully saturated rings. The van der Waals surface area contributed by atoms with Crippen LogP contribution < -0.4 is 10.6 Å². The van der Waals surface area contributed by atoms with Gasteiger partial charge in [-0.1, -0.05) is 26.0 Å². The van der Waals surface area contributed by atoms with Crippen LogP contribution in [-0.2, 0) is 5.41 Å². The number of hydrogen-bond acceptors (Lipinski definition) is 4. The van der Waals surface area contributed by atoms with E-state index in [1.165, 1.54) is 18.5 Å². The van der Waals surface area contributed by atoms with Crippen LogP contribution in [0.2, 0.25) is 0 Å².